The van der Waals surface area contributed by atoms with Crippen molar-refractivity contribution in [1.82, 2.24) is 15.0 Å². The first kappa shape index (κ1) is 13.5. The van der Waals surface area contributed by atoms with Crippen LogP contribution in [0.1, 0.15) is 13.8 Å². The van der Waals surface area contributed by atoms with Crippen molar-refractivity contribution < 1.29 is 9.90 Å². The molecule has 0 saturated heterocycles. The molecule has 0 spiro atoms. The number of nitrogens with zero attached hydrogens (tertiary/aromatic N) is 3. The van der Waals surface area contributed by atoms with E-state index in [-0.39, 0.29) is 0 Å². The van der Waals surface area contributed by atoms with Gasteiger partial charge in [0.1, 0.15) is 11.1 Å². The van der Waals surface area contributed by atoms with Crippen LogP contribution in [0.25, 0.3) is 11.3 Å². The lowest BCUT2D eigenvalue weighted by molar-refractivity contribution is -0.138. The summed E-state index contributed by atoms with van der Waals surface area (Å²) in [6.07, 6.45) is 6.43. The molecule has 0 radical (unpaired) electrons. The van der Waals surface area contributed by atoms with Crippen LogP contribution < -0.4 is 0 Å². The van der Waals surface area contributed by atoms with Gasteiger partial charge < -0.3 is 5.11 Å². The van der Waals surface area contributed by atoms with Gasteiger partial charge in [-0.25, -0.2) is 9.97 Å². The molecular formula is C13H13N3O2S. The summed E-state index contributed by atoms with van der Waals surface area (Å²) in [4.78, 5) is 24.2. The molecule has 0 unspecified atom stereocenters. The zero-order chi connectivity index (χ0) is 13.9. The summed E-state index contributed by atoms with van der Waals surface area (Å²) in [7, 11) is 0. The highest BCUT2D eigenvalue weighted by Gasteiger charge is 2.29. The second kappa shape index (κ2) is 5.36. The summed E-state index contributed by atoms with van der Waals surface area (Å²) >= 11 is 1.26. The lowest BCUT2D eigenvalue weighted by atomic mass is 10.2. The van der Waals surface area contributed by atoms with Crippen molar-refractivity contribution in [1.29, 1.82) is 0 Å². The van der Waals surface area contributed by atoms with E-state index in [1.807, 2.05) is 6.07 Å². The zero-order valence-corrected chi connectivity index (χ0v) is 11.4. The molecule has 0 aliphatic heterocycles. The first-order valence-electron chi connectivity index (χ1n) is 5.63. The summed E-state index contributed by atoms with van der Waals surface area (Å²) in [6.45, 7) is 3.33. The third kappa shape index (κ3) is 3.08. The maximum absolute atomic E-state index is 11.2. The molecule has 5 nitrogen and oxygen atoms in total. The normalized spacial score (nSPS) is 11.3. The fraction of sp³-hybridized carbons (Fsp3) is 0.231. The van der Waals surface area contributed by atoms with Crippen LogP contribution in [-0.4, -0.2) is 30.8 Å². The van der Waals surface area contributed by atoms with Gasteiger partial charge in [0.2, 0.25) is 0 Å². The average molecular weight is 275 g/mol. The van der Waals surface area contributed by atoms with Crippen molar-refractivity contribution in [2.45, 2.75) is 23.5 Å². The third-order valence-electron chi connectivity index (χ3n) is 2.48. The van der Waals surface area contributed by atoms with Crippen LogP contribution in [0.5, 0.6) is 0 Å². The van der Waals surface area contributed by atoms with Crippen LogP contribution in [0.3, 0.4) is 0 Å². The number of carbonyl (C=O) groups is 1. The minimum Gasteiger partial charge on any atom is -0.480 e. The van der Waals surface area contributed by atoms with E-state index in [0.29, 0.717) is 5.69 Å². The Kier molecular flexibility index (Phi) is 3.80. The highest BCUT2D eigenvalue weighted by atomic mass is 32.2. The molecule has 0 aliphatic carbocycles. The molecule has 98 valence electrons. The molecule has 2 heterocycles. The quantitative estimate of drug-likeness (QED) is 0.864. The van der Waals surface area contributed by atoms with E-state index in [0.717, 1.165) is 10.5 Å². The Balaban J connectivity index is 2.40. The molecule has 2 rings (SSSR count). The number of carboxylic acid groups (broad SMARTS) is 1. The van der Waals surface area contributed by atoms with E-state index in [1.54, 1.807) is 38.5 Å². The standard InChI is InChI=1S/C13H13N3O2S/c1-13(2,12(17)18)19-10-4-3-5-16-11(10)9-6-14-8-15-7-9/h3-8H,1-2H3,(H,17,18). The minimum atomic E-state index is -0.923. The monoisotopic (exact) mass is 275 g/mol. The maximum Gasteiger partial charge on any atom is 0.319 e. The molecule has 6 heteroatoms. The minimum absolute atomic E-state index is 0.697. The van der Waals surface area contributed by atoms with Gasteiger partial charge in [-0.1, -0.05) is 0 Å². The van der Waals surface area contributed by atoms with Crippen LogP contribution in [0.2, 0.25) is 0 Å². The molecule has 0 bridgehead atoms. The molecule has 2 aromatic rings. The Morgan fingerprint density at radius 3 is 2.63 bits per heavy atom. The Labute approximate surface area is 115 Å². The van der Waals surface area contributed by atoms with Crippen LogP contribution in [0.15, 0.2) is 41.9 Å². The Hall–Kier alpha value is -1.95. The second-order valence-corrected chi connectivity index (χ2v) is 6.06. The fourth-order valence-electron chi connectivity index (χ4n) is 1.43. The first-order chi connectivity index (χ1) is 9.00. The molecular weight excluding hydrogens is 262 g/mol. The highest BCUT2D eigenvalue weighted by Crippen LogP contribution is 2.37. The number of hydrogen-bond acceptors (Lipinski definition) is 5. The topological polar surface area (TPSA) is 76.0 Å². The van der Waals surface area contributed by atoms with Crippen molar-refractivity contribution in [3.05, 3.63) is 37.1 Å². The van der Waals surface area contributed by atoms with Gasteiger partial charge in [0, 0.05) is 29.0 Å². The predicted molar refractivity (Wildman–Crippen MR) is 72.8 cm³/mol. The fourth-order valence-corrected chi connectivity index (χ4v) is 2.48. The number of carboxylic acids is 1. The number of aliphatic carboxylic acids is 1. The van der Waals surface area contributed by atoms with Gasteiger partial charge in [-0.05, 0) is 26.0 Å². The lowest BCUT2D eigenvalue weighted by Crippen LogP contribution is -2.27. The highest BCUT2D eigenvalue weighted by molar-refractivity contribution is 8.01. The number of thioether (sulfide) groups is 1. The number of aromatic nitrogens is 3. The zero-order valence-electron chi connectivity index (χ0n) is 10.6. The molecule has 0 atom stereocenters. The van der Waals surface area contributed by atoms with Gasteiger partial charge in [-0.15, -0.1) is 11.8 Å². The summed E-state index contributed by atoms with van der Waals surface area (Å²) < 4.78 is -0.923. The lowest BCUT2D eigenvalue weighted by Gasteiger charge is -2.19. The largest absolute Gasteiger partial charge is 0.480 e. The van der Waals surface area contributed by atoms with Gasteiger partial charge in [0.05, 0.1) is 5.69 Å². The Bertz CT molecular complexity index is 587. The number of rotatable bonds is 4. The first-order valence-corrected chi connectivity index (χ1v) is 6.45. The molecule has 2 aromatic heterocycles. The molecule has 0 fully saturated rings. The van der Waals surface area contributed by atoms with E-state index in [1.165, 1.54) is 18.1 Å². The second-order valence-electron chi connectivity index (χ2n) is 4.39. The van der Waals surface area contributed by atoms with E-state index < -0.39 is 10.7 Å². The van der Waals surface area contributed by atoms with Crippen molar-refractivity contribution in [2.24, 2.45) is 0 Å². The molecule has 0 aliphatic rings. The summed E-state index contributed by atoms with van der Waals surface area (Å²) in [5, 5.41) is 9.20. The summed E-state index contributed by atoms with van der Waals surface area (Å²) in [5.74, 6) is -0.864. The summed E-state index contributed by atoms with van der Waals surface area (Å²) in [5.41, 5.74) is 1.47. The molecule has 0 amide bonds. The van der Waals surface area contributed by atoms with Crippen molar-refractivity contribution in [2.75, 3.05) is 0 Å². The van der Waals surface area contributed by atoms with Gasteiger partial charge in [0.15, 0.2) is 0 Å². The van der Waals surface area contributed by atoms with Gasteiger partial charge in [-0.3, -0.25) is 9.78 Å². The predicted octanol–water partition coefficient (Wildman–Crippen LogP) is 2.49. The van der Waals surface area contributed by atoms with Gasteiger partial charge in [0.25, 0.3) is 0 Å². The van der Waals surface area contributed by atoms with Crippen LogP contribution in [-0.2, 0) is 4.79 Å². The molecule has 0 saturated carbocycles. The molecule has 19 heavy (non-hydrogen) atoms. The van der Waals surface area contributed by atoms with Crippen LogP contribution in [0, 0.1) is 0 Å². The van der Waals surface area contributed by atoms with Crippen molar-refractivity contribution in [3.63, 3.8) is 0 Å². The summed E-state index contributed by atoms with van der Waals surface area (Å²) in [6, 6.07) is 3.64. The number of pyridine rings is 1. The van der Waals surface area contributed by atoms with Gasteiger partial charge >= 0.3 is 5.97 Å². The SMILES string of the molecule is CC(C)(Sc1cccnc1-c1cncnc1)C(=O)O. The van der Waals surface area contributed by atoms with E-state index in [9.17, 15) is 9.90 Å². The van der Waals surface area contributed by atoms with E-state index in [2.05, 4.69) is 15.0 Å². The smallest absolute Gasteiger partial charge is 0.319 e. The Morgan fingerprint density at radius 1 is 1.32 bits per heavy atom. The molecule has 0 aromatic carbocycles. The Morgan fingerprint density at radius 2 is 2.00 bits per heavy atom. The van der Waals surface area contributed by atoms with E-state index in [4.69, 9.17) is 0 Å². The van der Waals surface area contributed by atoms with Crippen LogP contribution >= 0.6 is 11.8 Å². The third-order valence-corrected chi connectivity index (χ3v) is 3.72. The van der Waals surface area contributed by atoms with Crippen molar-refractivity contribution in [3.8, 4) is 11.3 Å². The average Bonchev–Trinajstić information content (AvgIpc) is 2.40. The maximum atomic E-state index is 11.2. The van der Waals surface area contributed by atoms with Gasteiger partial charge in [-0.2, -0.15) is 0 Å². The van der Waals surface area contributed by atoms with Crippen molar-refractivity contribution >= 4 is 17.7 Å². The van der Waals surface area contributed by atoms with E-state index >= 15 is 0 Å². The molecule has 1 N–H and O–H groups in total. The van der Waals surface area contributed by atoms with Crippen LogP contribution in [0.4, 0.5) is 0 Å². The number of hydrogen-bond donors (Lipinski definition) is 1.